The predicted octanol–water partition coefficient (Wildman–Crippen LogP) is 3.95. The molecule has 0 bridgehead atoms. The molecule has 1 unspecified atom stereocenters. The molecule has 0 saturated carbocycles. The monoisotopic (exact) mass is 205 g/mol. The molecule has 1 aromatic rings. The van der Waals surface area contributed by atoms with Crippen molar-refractivity contribution in [3.63, 3.8) is 0 Å². The molecule has 2 N–H and O–H groups in total. The Labute approximate surface area is 93.7 Å². The molecule has 1 aromatic carbocycles. The molecule has 84 valence electrons. The van der Waals surface area contributed by atoms with E-state index < -0.39 is 0 Å². The minimum Gasteiger partial charge on any atom is -0.398 e. The van der Waals surface area contributed by atoms with Crippen LogP contribution in [0.5, 0.6) is 0 Å². The number of anilines is 1. The Bertz CT molecular complexity index is 284. The van der Waals surface area contributed by atoms with E-state index in [1.165, 1.54) is 30.4 Å². The third-order valence-electron chi connectivity index (χ3n) is 3.12. The third kappa shape index (κ3) is 3.58. The van der Waals surface area contributed by atoms with E-state index in [4.69, 9.17) is 5.73 Å². The van der Waals surface area contributed by atoms with Crippen molar-refractivity contribution in [2.75, 3.05) is 5.73 Å². The smallest absolute Gasteiger partial charge is 0.0349 e. The Kier molecular flexibility index (Phi) is 4.67. The molecule has 0 amide bonds. The van der Waals surface area contributed by atoms with E-state index in [1.54, 1.807) is 0 Å². The summed E-state index contributed by atoms with van der Waals surface area (Å²) < 4.78 is 0. The summed E-state index contributed by atoms with van der Waals surface area (Å²) in [6, 6.07) is 6.19. The molecular weight excluding hydrogens is 182 g/mol. The standard InChI is InChI=1S/C14H23N/c1-4-6-11(2)9-10-13-12(3)7-5-8-14(13)15/h5,7-8,11H,4,6,9-10,15H2,1-3H3. The van der Waals surface area contributed by atoms with E-state index >= 15 is 0 Å². The first-order valence-corrected chi connectivity index (χ1v) is 5.99. The molecule has 1 rings (SSSR count). The van der Waals surface area contributed by atoms with Crippen molar-refractivity contribution in [1.29, 1.82) is 0 Å². The fourth-order valence-corrected chi connectivity index (χ4v) is 2.09. The summed E-state index contributed by atoms with van der Waals surface area (Å²) in [4.78, 5) is 0. The zero-order chi connectivity index (χ0) is 11.3. The van der Waals surface area contributed by atoms with Crippen molar-refractivity contribution in [2.45, 2.75) is 46.5 Å². The normalized spacial score (nSPS) is 12.7. The maximum atomic E-state index is 5.98. The van der Waals surface area contributed by atoms with Crippen molar-refractivity contribution < 1.29 is 0 Å². The molecule has 0 aromatic heterocycles. The second-order valence-corrected chi connectivity index (χ2v) is 4.58. The second kappa shape index (κ2) is 5.79. The van der Waals surface area contributed by atoms with Gasteiger partial charge in [-0.1, -0.05) is 38.8 Å². The van der Waals surface area contributed by atoms with Crippen molar-refractivity contribution in [3.05, 3.63) is 29.3 Å². The molecule has 0 aliphatic carbocycles. The van der Waals surface area contributed by atoms with E-state index in [0.717, 1.165) is 18.0 Å². The van der Waals surface area contributed by atoms with Gasteiger partial charge in [0.25, 0.3) is 0 Å². The highest BCUT2D eigenvalue weighted by atomic mass is 14.6. The van der Waals surface area contributed by atoms with Crippen LogP contribution < -0.4 is 5.73 Å². The van der Waals surface area contributed by atoms with Crippen LogP contribution >= 0.6 is 0 Å². The van der Waals surface area contributed by atoms with Crippen LogP contribution in [-0.4, -0.2) is 0 Å². The fourth-order valence-electron chi connectivity index (χ4n) is 2.09. The maximum Gasteiger partial charge on any atom is 0.0349 e. The zero-order valence-electron chi connectivity index (χ0n) is 10.2. The molecule has 15 heavy (non-hydrogen) atoms. The highest BCUT2D eigenvalue weighted by Crippen LogP contribution is 2.21. The molecule has 0 aliphatic heterocycles. The summed E-state index contributed by atoms with van der Waals surface area (Å²) >= 11 is 0. The maximum absolute atomic E-state index is 5.98. The average Bonchev–Trinajstić information content (AvgIpc) is 2.17. The van der Waals surface area contributed by atoms with Crippen molar-refractivity contribution in [2.24, 2.45) is 5.92 Å². The lowest BCUT2D eigenvalue weighted by Gasteiger charge is -2.13. The average molecular weight is 205 g/mol. The van der Waals surface area contributed by atoms with Gasteiger partial charge >= 0.3 is 0 Å². The number of aryl methyl sites for hydroxylation is 1. The second-order valence-electron chi connectivity index (χ2n) is 4.58. The van der Waals surface area contributed by atoms with Crippen LogP contribution in [0.25, 0.3) is 0 Å². The van der Waals surface area contributed by atoms with E-state index in [-0.39, 0.29) is 0 Å². The van der Waals surface area contributed by atoms with Crippen molar-refractivity contribution >= 4 is 5.69 Å². The number of rotatable bonds is 5. The van der Waals surface area contributed by atoms with Crippen LogP contribution in [0.1, 0.15) is 44.2 Å². The van der Waals surface area contributed by atoms with E-state index in [9.17, 15) is 0 Å². The van der Waals surface area contributed by atoms with E-state index in [1.807, 2.05) is 12.1 Å². The third-order valence-corrected chi connectivity index (χ3v) is 3.12. The quantitative estimate of drug-likeness (QED) is 0.724. The van der Waals surface area contributed by atoms with Crippen LogP contribution in [0.15, 0.2) is 18.2 Å². The first-order valence-electron chi connectivity index (χ1n) is 5.99. The minimum atomic E-state index is 0.814. The van der Waals surface area contributed by atoms with E-state index in [0.29, 0.717) is 0 Å². The van der Waals surface area contributed by atoms with Gasteiger partial charge in [-0.3, -0.25) is 0 Å². The molecule has 0 saturated heterocycles. The SMILES string of the molecule is CCCC(C)CCc1c(C)cccc1N. The number of hydrogen-bond donors (Lipinski definition) is 1. The minimum absolute atomic E-state index is 0.814. The topological polar surface area (TPSA) is 26.0 Å². The van der Waals surface area contributed by atoms with Gasteiger partial charge in [-0.05, 0) is 42.9 Å². The van der Waals surface area contributed by atoms with E-state index in [2.05, 4.69) is 26.8 Å². The lowest BCUT2D eigenvalue weighted by Crippen LogP contribution is -2.01. The largest absolute Gasteiger partial charge is 0.398 e. The van der Waals surface area contributed by atoms with Gasteiger partial charge in [0.2, 0.25) is 0 Å². The van der Waals surface area contributed by atoms with Gasteiger partial charge in [-0.25, -0.2) is 0 Å². The molecule has 0 radical (unpaired) electrons. The molecule has 0 spiro atoms. The van der Waals surface area contributed by atoms with Gasteiger partial charge in [-0.2, -0.15) is 0 Å². The van der Waals surface area contributed by atoms with Crippen LogP contribution in [-0.2, 0) is 6.42 Å². The Morgan fingerprint density at radius 3 is 2.60 bits per heavy atom. The Morgan fingerprint density at radius 2 is 2.00 bits per heavy atom. The Balaban J connectivity index is 2.57. The van der Waals surface area contributed by atoms with Crippen LogP contribution in [0.2, 0.25) is 0 Å². The first kappa shape index (κ1) is 12.1. The fraction of sp³-hybridized carbons (Fsp3) is 0.571. The summed E-state index contributed by atoms with van der Waals surface area (Å²) in [5, 5.41) is 0. The number of nitrogens with two attached hydrogens (primary N) is 1. The molecular formula is C14H23N. The van der Waals surface area contributed by atoms with Crippen molar-refractivity contribution in [1.82, 2.24) is 0 Å². The molecule has 1 atom stereocenters. The van der Waals surface area contributed by atoms with Crippen molar-refractivity contribution in [3.8, 4) is 0 Å². The highest BCUT2D eigenvalue weighted by molar-refractivity contribution is 5.50. The lowest BCUT2D eigenvalue weighted by molar-refractivity contribution is 0.486. The van der Waals surface area contributed by atoms with Gasteiger partial charge in [0.15, 0.2) is 0 Å². The Hall–Kier alpha value is -0.980. The van der Waals surface area contributed by atoms with Crippen LogP contribution in [0.4, 0.5) is 5.69 Å². The first-order chi connectivity index (χ1) is 7.15. The zero-order valence-corrected chi connectivity index (χ0v) is 10.2. The summed E-state index contributed by atoms with van der Waals surface area (Å²) in [5.41, 5.74) is 9.62. The summed E-state index contributed by atoms with van der Waals surface area (Å²) in [6.07, 6.45) is 4.98. The number of nitrogen functional groups attached to an aromatic ring is 1. The Morgan fingerprint density at radius 1 is 1.27 bits per heavy atom. The highest BCUT2D eigenvalue weighted by Gasteiger charge is 2.05. The summed E-state index contributed by atoms with van der Waals surface area (Å²) in [5.74, 6) is 0.814. The van der Waals surface area contributed by atoms with Gasteiger partial charge in [0.05, 0.1) is 0 Å². The van der Waals surface area contributed by atoms with Crippen LogP contribution in [0.3, 0.4) is 0 Å². The molecule has 1 nitrogen and oxygen atoms in total. The molecule has 0 heterocycles. The lowest BCUT2D eigenvalue weighted by atomic mass is 9.94. The van der Waals surface area contributed by atoms with Crippen LogP contribution in [0, 0.1) is 12.8 Å². The number of benzene rings is 1. The predicted molar refractivity (Wildman–Crippen MR) is 68.0 cm³/mol. The van der Waals surface area contributed by atoms with Gasteiger partial charge in [0, 0.05) is 5.69 Å². The summed E-state index contributed by atoms with van der Waals surface area (Å²) in [7, 11) is 0. The molecule has 1 heteroatoms. The van der Waals surface area contributed by atoms with Gasteiger partial charge in [-0.15, -0.1) is 0 Å². The number of hydrogen-bond acceptors (Lipinski definition) is 1. The molecule has 0 aliphatic rings. The van der Waals surface area contributed by atoms with Gasteiger partial charge in [0.1, 0.15) is 0 Å². The molecule has 0 fully saturated rings. The summed E-state index contributed by atoms with van der Waals surface area (Å²) in [6.45, 7) is 6.73. The van der Waals surface area contributed by atoms with Gasteiger partial charge < -0.3 is 5.73 Å².